The highest BCUT2D eigenvalue weighted by molar-refractivity contribution is 7.07. The Kier molecular flexibility index (Phi) is 5.02. The fourth-order valence-corrected chi connectivity index (χ4v) is 3.30. The third kappa shape index (κ3) is 3.38. The van der Waals surface area contributed by atoms with E-state index in [2.05, 4.69) is 34.2 Å². The van der Waals surface area contributed by atoms with Crippen LogP contribution in [0.4, 0.5) is 0 Å². The number of nitrogens with one attached hydrogen (secondary N) is 1. The molecule has 0 spiro atoms. The van der Waals surface area contributed by atoms with E-state index in [1.54, 1.807) is 11.3 Å². The number of nitrogens with zero attached hydrogens (tertiary/aromatic N) is 2. The van der Waals surface area contributed by atoms with Gasteiger partial charge in [-0.05, 0) is 42.3 Å². The summed E-state index contributed by atoms with van der Waals surface area (Å²) in [4.78, 5) is 0. The lowest BCUT2D eigenvalue weighted by Gasteiger charge is -2.16. The Morgan fingerprint density at radius 2 is 2.26 bits per heavy atom. The molecule has 0 radical (unpaired) electrons. The zero-order chi connectivity index (χ0) is 13.8. The molecule has 104 valence electrons. The van der Waals surface area contributed by atoms with Crippen LogP contribution in [0.2, 0.25) is 5.02 Å². The van der Waals surface area contributed by atoms with Crippen LogP contribution in [-0.4, -0.2) is 22.9 Å². The van der Waals surface area contributed by atoms with Crippen LogP contribution < -0.4 is 5.32 Å². The Hall–Kier alpha value is -0.840. The molecule has 0 aliphatic heterocycles. The molecule has 0 aliphatic carbocycles. The van der Waals surface area contributed by atoms with Crippen molar-refractivity contribution in [3.63, 3.8) is 0 Å². The average molecular weight is 298 g/mol. The Morgan fingerprint density at radius 3 is 2.79 bits per heavy atom. The van der Waals surface area contributed by atoms with E-state index in [1.807, 2.05) is 18.8 Å². The van der Waals surface area contributed by atoms with Gasteiger partial charge in [0.05, 0.1) is 16.4 Å². The van der Waals surface area contributed by atoms with Crippen LogP contribution in [0.15, 0.2) is 16.8 Å². The molecule has 0 bridgehead atoms. The lowest BCUT2D eigenvalue weighted by atomic mass is 10.0. The van der Waals surface area contributed by atoms with Gasteiger partial charge in [-0.3, -0.25) is 4.68 Å². The summed E-state index contributed by atoms with van der Waals surface area (Å²) in [5, 5.41) is 13.0. The number of likely N-dealkylation sites (N-methyl/N-ethyl adjacent to an activating group) is 1. The number of rotatable bonds is 6. The maximum absolute atomic E-state index is 6.40. The molecule has 3 nitrogen and oxygen atoms in total. The van der Waals surface area contributed by atoms with E-state index >= 15 is 0 Å². The Balaban J connectivity index is 2.12. The summed E-state index contributed by atoms with van der Waals surface area (Å²) in [5.41, 5.74) is 3.48. The Bertz CT molecular complexity index is 519. The van der Waals surface area contributed by atoms with Gasteiger partial charge in [-0.2, -0.15) is 16.4 Å². The van der Waals surface area contributed by atoms with Gasteiger partial charge in [-0.1, -0.05) is 18.5 Å². The van der Waals surface area contributed by atoms with Gasteiger partial charge in [0, 0.05) is 19.5 Å². The van der Waals surface area contributed by atoms with Crippen LogP contribution in [0.3, 0.4) is 0 Å². The first kappa shape index (κ1) is 14.6. The minimum atomic E-state index is 0.382. The van der Waals surface area contributed by atoms with Crippen molar-refractivity contribution in [2.24, 2.45) is 7.05 Å². The fraction of sp³-hybridized carbons (Fsp3) is 0.500. The highest BCUT2D eigenvalue weighted by Gasteiger charge is 2.17. The van der Waals surface area contributed by atoms with Crippen molar-refractivity contribution in [2.45, 2.75) is 32.2 Å². The summed E-state index contributed by atoms with van der Waals surface area (Å²) in [5.74, 6) is 0. The van der Waals surface area contributed by atoms with Crippen LogP contribution in [0.1, 0.15) is 23.9 Å². The summed E-state index contributed by atoms with van der Waals surface area (Å²) in [6.45, 7) is 2.08. The number of halogens is 1. The minimum absolute atomic E-state index is 0.382. The van der Waals surface area contributed by atoms with Gasteiger partial charge in [0.15, 0.2) is 0 Å². The van der Waals surface area contributed by atoms with Gasteiger partial charge < -0.3 is 5.32 Å². The molecule has 2 aromatic heterocycles. The molecule has 0 fully saturated rings. The maximum atomic E-state index is 6.40. The largest absolute Gasteiger partial charge is 0.316 e. The van der Waals surface area contributed by atoms with Crippen molar-refractivity contribution in [1.29, 1.82) is 0 Å². The van der Waals surface area contributed by atoms with Crippen LogP contribution in [0.25, 0.3) is 0 Å². The van der Waals surface area contributed by atoms with E-state index in [0.29, 0.717) is 6.04 Å². The van der Waals surface area contributed by atoms with Gasteiger partial charge in [0.1, 0.15) is 0 Å². The second kappa shape index (κ2) is 6.55. The van der Waals surface area contributed by atoms with Crippen LogP contribution in [-0.2, 0) is 26.3 Å². The zero-order valence-electron chi connectivity index (χ0n) is 11.6. The van der Waals surface area contributed by atoms with Gasteiger partial charge >= 0.3 is 0 Å². The minimum Gasteiger partial charge on any atom is -0.316 e. The topological polar surface area (TPSA) is 29.9 Å². The fourth-order valence-electron chi connectivity index (χ4n) is 2.24. The molecule has 2 rings (SSSR count). The van der Waals surface area contributed by atoms with E-state index < -0.39 is 0 Å². The summed E-state index contributed by atoms with van der Waals surface area (Å²) in [6, 6.07) is 2.56. The lowest BCUT2D eigenvalue weighted by molar-refractivity contribution is 0.534. The second-order valence-corrected chi connectivity index (χ2v) is 5.87. The summed E-state index contributed by atoms with van der Waals surface area (Å²) in [7, 11) is 3.97. The number of aryl methyl sites for hydroxylation is 2. The molecule has 1 atom stereocenters. The SMILES string of the molecule is CCc1nn(C)c(CC(Cc2ccsc2)NC)c1Cl. The van der Waals surface area contributed by atoms with Crippen molar-refractivity contribution in [3.05, 3.63) is 38.8 Å². The molecule has 1 N–H and O–H groups in total. The third-order valence-corrected chi connectivity index (χ3v) is 4.58. The summed E-state index contributed by atoms with van der Waals surface area (Å²) < 4.78 is 1.92. The van der Waals surface area contributed by atoms with Gasteiger partial charge in [-0.25, -0.2) is 0 Å². The number of hydrogen-bond acceptors (Lipinski definition) is 3. The molecule has 19 heavy (non-hydrogen) atoms. The van der Waals surface area contributed by atoms with Crippen molar-refractivity contribution in [3.8, 4) is 0 Å². The van der Waals surface area contributed by atoms with Crippen LogP contribution >= 0.6 is 22.9 Å². The monoisotopic (exact) mass is 297 g/mol. The van der Waals surface area contributed by atoms with E-state index in [-0.39, 0.29) is 0 Å². The average Bonchev–Trinajstić information content (AvgIpc) is 3.00. The molecule has 2 aromatic rings. The van der Waals surface area contributed by atoms with Gasteiger partial charge in [0.25, 0.3) is 0 Å². The lowest BCUT2D eigenvalue weighted by Crippen LogP contribution is -2.30. The van der Waals surface area contributed by atoms with E-state index in [9.17, 15) is 0 Å². The van der Waals surface area contributed by atoms with E-state index in [4.69, 9.17) is 11.6 Å². The highest BCUT2D eigenvalue weighted by atomic mass is 35.5. The quantitative estimate of drug-likeness (QED) is 0.888. The molecule has 0 saturated carbocycles. The predicted octanol–water partition coefficient (Wildman–Crippen LogP) is 3.07. The molecule has 1 unspecified atom stereocenters. The number of thiophene rings is 1. The number of aromatic nitrogens is 2. The molecule has 2 heterocycles. The predicted molar refractivity (Wildman–Crippen MR) is 82.2 cm³/mol. The third-order valence-electron chi connectivity index (χ3n) is 3.41. The van der Waals surface area contributed by atoms with Crippen LogP contribution in [0.5, 0.6) is 0 Å². The molecule has 0 aromatic carbocycles. The molecular weight excluding hydrogens is 278 g/mol. The first-order valence-corrected chi connectivity index (χ1v) is 7.86. The Morgan fingerprint density at radius 1 is 1.47 bits per heavy atom. The standard InChI is InChI=1S/C14H20ClN3S/c1-4-12-14(15)13(18(3)17-12)8-11(16-2)7-10-5-6-19-9-10/h5-6,9,11,16H,4,7-8H2,1-3H3. The maximum Gasteiger partial charge on any atom is 0.0850 e. The normalized spacial score (nSPS) is 12.8. The van der Waals surface area contributed by atoms with Crippen molar-refractivity contribution < 1.29 is 0 Å². The molecule has 0 saturated heterocycles. The first-order chi connectivity index (χ1) is 9.15. The van der Waals surface area contributed by atoms with E-state index in [0.717, 1.165) is 35.7 Å². The second-order valence-electron chi connectivity index (χ2n) is 4.71. The van der Waals surface area contributed by atoms with Crippen LogP contribution in [0, 0.1) is 0 Å². The highest BCUT2D eigenvalue weighted by Crippen LogP contribution is 2.23. The molecule has 5 heteroatoms. The van der Waals surface area contributed by atoms with E-state index in [1.165, 1.54) is 5.56 Å². The smallest absolute Gasteiger partial charge is 0.0850 e. The molecule has 0 aliphatic rings. The van der Waals surface area contributed by atoms with Crippen molar-refractivity contribution in [2.75, 3.05) is 7.05 Å². The molecular formula is C14H20ClN3S. The summed E-state index contributed by atoms with van der Waals surface area (Å²) >= 11 is 8.14. The van der Waals surface area contributed by atoms with Crippen molar-refractivity contribution in [1.82, 2.24) is 15.1 Å². The van der Waals surface area contributed by atoms with Crippen molar-refractivity contribution >= 4 is 22.9 Å². The van der Waals surface area contributed by atoms with Gasteiger partial charge in [0.2, 0.25) is 0 Å². The summed E-state index contributed by atoms with van der Waals surface area (Å²) in [6.07, 6.45) is 2.79. The zero-order valence-corrected chi connectivity index (χ0v) is 13.2. The molecule has 0 amide bonds. The van der Waals surface area contributed by atoms with Gasteiger partial charge in [-0.15, -0.1) is 0 Å². The first-order valence-electron chi connectivity index (χ1n) is 6.54. The number of hydrogen-bond donors (Lipinski definition) is 1. The Labute approximate surface area is 123 Å².